The molecule has 1 aliphatic rings. The minimum atomic E-state index is 0.146. The van der Waals surface area contributed by atoms with E-state index in [2.05, 4.69) is 34.4 Å². The molecule has 0 atom stereocenters. The predicted octanol–water partition coefficient (Wildman–Crippen LogP) is 2.61. The number of hydrogen-bond acceptors (Lipinski definition) is 5. The van der Waals surface area contributed by atoms with Crippen LogP contribution in [0, 0.1) is 5.41 Å². The Bertz CT molecular complexity index is 443. The SMILES string of the molecule is CNc1cc(NCC(C)(C)CCCO)nc(C2CC2)n1. The molecule has 1 aromatic rings. The Morgan fingerprint density at radius 1 is 1.30 bits per heavy atom. The zero-order chi connectivity index (χ0) is 14.6. The van der Waals surface area contributed by atoms with E-state index in [0.717, 1.165) is 36.8 Å². The minimum Gasteiger partial charge on any atom is -0.396 e. The molecule has 1 saturated carbocycles. The third kappa shape index (κ3) is 4.34. The molecule has 0 aliphatic heterocycles. The quantitative estimate of drug-likeness (QED) is 0.682. The summed E-state index contributed by atoms with van der Waals surface area (Å²) >= 11 is 0. The number of aliphatic hydroxyl groups excluding tert-OH is 1. The number of aromatic nitrogens is 2. The van der Waals surface area contributed by atoms with E-state index >= 15 is 0 Å². The number of anilines is 2. The smallest absolute Gasteiger partial charge is 0.136 e. The summed E-state index contributed by atoms with van der Waals surface area (Å²) in [5.74, 6) is 3.26. The van der Waals surface area contributed by atoms with Crippen molar-refractivity contribution in [2.24, 2.45) is 5.41 Å². The lowest BCUT2D eigenvalue weighted by Crippen LogP contribution is -2.24. The fourth-order valence-corrected chi connectivity index (χ4v) is 2.18. The lowest BCUT2D eigenvalue weighted by molar-refractivity contribution is 0.248. The van der Waals surface area contributed by atoms with Gasteiger partial charge in [-0.05, 0) is 31.1 Å². The second-order valence-corrected chi connectivity index (χ2v) is 6.37. The first-order chi connectivity index (χ1) is 9.54. The molecule has 3 N–H and O–H groups in total. The molecule has 0 unspecified atom stereocenters. The molecule has 0 radical (unpaired) electrons. The van der Waals surface area contributed by atoms with Gasteiger partial charge in [-0.2, -0.15) is 0 Å². The molecule has 0 amide bonds. The monoisotopic (exact) mass is 278 g/mol. The van der Waals surface area contributed by atoms with Gasteiger partial charge in [-0.1, -0.05) is 13.8 Å². The molecule has 1 heterocycles. The van der Waals surface area contributed by atoms with Crippen molar-refractivity contribution in [3.8, 4) is 0 Å². The number of nitrogens with one attached hydrogen (secondary N) is 2. The van der Waals surface area contributed by atoms with Crippen molar-refractivity contribution in [3.63, 3.8) is 0 Å². The molecule has 5 heteroatoms. The molecule has 2 rings (SSSR count). The Balaban J connectivity index is 1.99. The summed E-state index contributed by atoms with van der Waals surface area (Å²) in [6.45, 7) is 5.51. The van der Waals surface area contributed by atoms with Crippen LogP contribution >= 0.6 is 0 Å². The summed E-state index contributed by atoms with van der Waals surface area (Å²) in [6.07, 6.45) is 4.24. The van der Waals surface area contributed by atoms with Crippen molar-refractivity contribution in [1.29, 1.82) is 0 Å². The Kier molecular flexibility index (Phi) is 4.81. The molecule has 0 bridgehead atoms. The fourth-order valence-electron chi connectivity index (χ4n) is 2.18. The van der Waals surface area contributed by atoms with Crippen molar-refractivity contribution < 1.29 is 5.11 Å². The van der Waals surface area contributed by atoms with Crippen LogP contribution in [0.2, 0.25) is 0 Å². The van der Waals surface area contributed by atoms with Crippen LogP contribution in [0.15, 0.2) is 6.07 Å². The van der Waals surface area contributed by atoms with Crippen LogP contribution in [0.3, 0.4) is 0 Å². The Morgan fingerprint density at radius 3 is 2.60 bits per heavy atom. The maximum Gasteiger partial charge on any atom is 0.136 e. The summed E-state index contributed by atoms with van der Waals surface area (Å²) < 4.78 is 0. The maximum atomic E-state index is 8.94. The second kappa shape index (κ2) is 6.39. The van der Waals surface area contributed by atoms with Crippen LogP contribution in [-0.4, -0.2) is 35.3 Å². The minimum absolute atomic E-state index is 0.146. The van der Waals surface area contributed by atoms with Gasteiger partial charge < -0.3 is 15.7 Å². The molecule has 20 heavy (non-hydrogen) atoms. The molecule has 0 saturated heterocycles. The van der Waals surface area contributed by atoms with Crippen LogP contribution in [0.5, 0.6) is 0 Å². The van der Waals surface area contributed by atoms with Crippen LogP contribution in [0.1, 0.15) is 51.3 Å². The second-order valence-electron chi connectivity index (χ2n) is 6.37. The van der Waals surface area contributed by atoms with Crippen LogP contribution in [0.25, 0.3) is 0 Å². The molecular formula is C15H26N4O. The van der Waals surface area contributed by atoms with E-state index < -0.39 is 0 Å². The topological polar surface area (TPSA) is 70.1 Å². The normalized spacial score (nSPS) is 15.2. The number of hydrogen-bond donors (Lipinski definition) is 3. The lowest BCUT2D eigenvalue weighted by atomic mass is 9.88. The first-order valence-corrected chi connectivity index (χ1v) is 7.45. The van der Waals surface area contributed by atoms with Gasteiger partial charge in [0.1, 0.15) is 17.5 Å². The molecule has 1 fully saturated rings. The molecule has 1 aromatic heterocycles. The van der Waals surface area contributed by atoms with Crippen molar-refractivity contribution >= 4 is 11.6 Å². The van der Waals surface area contributed by atoms with E-state index in [1.54, 1.807) is 0 Å². The van der Waals surface area contributed by atoms with Crippen molar-refractivity contribution in [2.45, 2.75) is 45.4 Å². The summed E-state index contributed by atoms with van der Waals surface area (Å²) in [4.78, 5) is 9.13. The van der Waals surface area contributed by atoms with E-state index in [0.29, 0.717) is 5.92 Å². The number of aliphatic hydroxyl groups is 1. The summed E-state index contributed by atoms with van der Waals surface area (Å²) in [5.41, 5.74) is 0.146. The highest BCUT2D eigenvalue weighted by Crippen LogP contribution is 2.38. The van der Waals surface area contributed by atoms with Crippen molar-refractivity contribution in [1.82, 2.24) is 9.97 Å². The molecule has 1 aliphatic carbocycles. The Hall–Kier alpha value is -1.36. The van der Waals surface area contributed by atoms with Crippen molar-refractivity contribution in [2.75, 3.05) is 30.8 Å². The summed E-state index contributed by atoms with van der Waals surface area (Å²) in [5, 5.41) is 15.5. The maximum absolute atomic E-state index is 8.94. The average molecular weight is 278 g/mol. The van der Waals surface area contributed by atoms with E-state index in [9.17, 15) is 0 Å². The third-order valence-corrected chi connectivity index (χ3v) is 3.70. The lowest BCUT2D eigenvalue weighted by Gasteiger charge is -2.25. The average Bonchev–Trinajstić information content (AvgIpc) is 3.27. The largest absolute Gasteiger partial charge is 0.396 e. The van der Waals surface area contributed by atoms with Crippen LogP contribution in [-0.2, 0) is 0 Å². The predicted molar refractivity (Wildman–Crippen MR) is 82.1 cm³/mol. The van der Waals surface area contributed by atoms with Gasteiger partial charge in [0, 0.05) is 32.2 Å². The van der Waals surface area contributed by atoms with E-state index in [1.165, 1.54) is 12.8 Å². The van der Waals surface area contributed by atoms with Gasteiger partial charge in [0.15, 0.2) is 0 Å². The first-order valence-electron chi connectivity index (χ1n) is 7.45. The Morgan fingerprint density at radius 2 is 2.00 bits per heavy atom. The summed E-state index contributed by atoms with van der Waals surface area (Å²) in [6, 6.07) is 1.95. The number of nitrogens with zero attached hydrogens (tertiary/aromatic N) is 2. The molecule has 0 spiro atoms. The summed E-state index contributed by atoms with van der Waals surface area (Å²) in [7, 11) is 1.88. The van der Waals surface area contributed by atoms with E-state index in [1.807, 2.05) is 13.1 Å². The van der Waals surface area contributed by atoms with Gasteiger partial charge in [-0.3, -0.25) is 0 Å². The van der Waals surface area contributed by atoms with Gasteiger partial charge in [0.05, 0.1) is 0 Å². The Labute approximate surface area is 121 Å². The van der Waals surface area contributed by atoms with Gasteiger partial charge in [-0.15, -0.1) is 0 Å². The highest BCUT2D eigenvalue weighted by Gasteiger charge is 2.27. The van der Waals surface area contributed by atoms with E-state index in [-0.39, 0.29) is 12.0 Å². The fraction of sp³-hybridized carbons (Fsp3) is 0.733. The standard InChI is InChI=1S/C15H26N4O/c1-15(2,7-4-8-20)10-17-13-9-12(16-3)18-14(19-13)11-5-6-11/h9,11,20H,4-8,10H2,1-3H3,(H2,16,17,18,19). The molecular weight excluding hydrogens is 252 g/mol. The first kappa shape index (κ1) is 15.0. The molecule has 112 valence electrons. The molecule has 5 nitrogen and oxygen atoms in total. The highest BCUT2D eigenvalue weighted by atomic mass is 16.2. The van der Waals surface area contributed by atoms with Gasteiger partial charge in [-0.25, -0.2) is 9.97 Å². The van der Waals surface area contributed by atoms with Gasteiger partial charge in [0.2, 0.25) is 0 Å². The third-order valence-electron chi connectivity index (χ3n) is 3.70. The van der Waals surface area contributed by atoms with Crippen LogP contribution in [0.4, 0.5) is 11.6 Å². The van der Waals surface area contributed by atoms with Crippen molar-refractivity contribution in [3.05, 3.63) is 11.9 Å². The van der Waals surface area contributed by atoms with Crippen LogP contribution < -0.4 is 10.6 Å². The van der Waals surface area contributed by atoms with E-state index in [4.69, 9.17) is 5.11 Å². The van der Waals surface area contributed by atoms with Gasteiger partial charge in [0.25, 0.3) is 0 Å². The zero-order valence-corrected chi connectivity index (χ0v) is 12.7. The van der Waals surface area contributed by atoms with Gasteiger partial charge >= 0.3 is 0 Å². The highest BCUT2D eigenvalue weighted by molar-refractivity contribution is 5.48. The zero-order valence-electron chi connectivity index (χ0n) is 12.7. The number of rotatable bonds is 8. The molecule has 0 aromatic carbocycles.